The van der Waals surface area contributed by atoms with E-state index in [9.17, 15) is 0 Å². The number of pyridine rings is 1. The van der Waals surface area contributed by atoms with Gasteiger partial charge in [-0.3, -0.25) is 4.98 Å². The van der Waals surface area contributed by atoms with Gasteiger partial charge in [0, 0.05) is 30.1 Å². The Hall–Kier alpha value is -2.09. The molecule has 2 heteroatoms. The lowest BCUT2D eigenvalue weighted by Crippen LogP contribution is -2.02. The van der Waals surface area contributed by atoms with Gasteiger partial charge in [0.05, 0.1) is 0 Å². The topological polar surface area (TPSA) is 17.8 Å². The van der Waals surface area contributed by atoms with E-state index in [1.807, 2.05) is 12.4 Å². The molecule has 0 radical (unpaired) electrons. The number of fused-ring (bicyclic) bond motifs is 1. The molecule has 0 aliphatic heterocycles. The van der Waals surface area contributed by atoms with Crippen molar-refractivity contribution in [2.24, 2.45) is 0 Å². The molecule has 3 rings (SSSR count). The smallest absolute Gasteiger partial charge is 0.0494 e. The minimum Gasteiger partial charge on any atom is -0.340 e. The summed E-state index contributed by atoms with van der Waals surface area (Å²) in [6, 6.07) is 12.9. The largest absolute Gasteiger partial charge is 0.340 e. The van der Waals surface area contributed by atoms with E-state index in [-0.39, 0.29) is 0 Å². The minimum atomic E-state index is 0.883. The molecule has 0 N–H and O–H groups in total. The molecule has 2 heterocycles. The van der Waals surface area contributed by atoms with E-state index >= 15 is 0 Å². The maximum atomic E-state index is 4.26. The van der Waals surface area contributed by atoms with Gasteiger partial charge in [0.15, 0.2) is 0 Å². The van der Waals surface area contributed by atoms with Gasteiger partial charge in [0.2, 0.25) is 0 Å². The van der Waals surface area contributed by atoms with E-state index in [0.717, 1.165) is 6.54 Å². The summed E-state index contributed by atoms with van der Waals surface area (Å²) in [4.78, 5) is 4.26. The molecule has 18 heavy (non-hydrogen) atoms. The molecule has 90 valence electrons. The number of benzene rings is 1. The van der Waals surface area contributed by atoms with Crippen molar-refractivity contribution in [3.8, 4) is 0 Å². The third kappa shape index (κ3) is 1.90. The van der Waals surface area contributed by atoms with Crippen LogP contribution in [-0.4, -0.2) is 9.55 Å². The predicted octanol–water partition coefficient (Wildman–Crippen LogP) is 3.70. The van der Waals surface area contributed by atoms with Crippen LogP contribution in [0.15, 0.2) is 48.8 Å². The van der Waals surface area contributed by atoms with Gasteiger partial charge in [0.25, 0.3) is 0 Å². The summed E-state index contributed by atoms with van der Waals surface area (Å²) in [6.45, 7) is 5.12. The Balaban J connectivity index is 2.07. The average molecular weight is 236 g/mol. The number of hydrogen-bond acceptors (Lipinski definition) is 1. The highest BCUT2D eigenvalue weighted by atomic mass is 15.0. The molecule has 0 unspecified atom stereocenters. The monoisotopic (exact) mass is 236 g/mol. The third-order valence-electron chi connectivity index (χ3n) is 3.29. The second kappa shape index (κ2) is 4.30. The molecule has 2 nitrogen and oxygen atoms in total. The van der Waals surface area contributed by atoms with Crippen LogP contribution in [0.4, 0.5) is 0 Å². The zero-order valence-corrected chi connectivity index (χ0v) is 10.7. The SMILES string of the molecule is Cc1cncc(Cn2c(C)cc3ccccc32)c1. The molecular formula is C16H16N2. The highest BCUT2D eigenvalue weighted by Gasteiger charge is 2.05. The predicted molar refractivity (Wildman–Crippen MR) is 74.8 cm³/mol. The van der Waals surface area contributed by atoms with Crippen LogP contribution >= 0.6 is 0 Å². The molecule has 0 atom stereocenters. The summed E-state index contributed by atoms with van der Waals surface area (Å²) in [5, 5.41) is 1.30. The van der Waals surface area contributed by atoms with Gasteiger partial charge in [-0.05, 0) is 42.5 Å². The normalized spacial score (nSPS) is 11.0. The summed E-state index contributed by atoms with van der Waals surface area (Å²) in [6.07, 6.45) is 3.84. The van der Waals surface area contributed by atoms with Crippen LogP contribution in [0.1, 0.15) is 16.8 Å². The zero-order chi connectivity index (χ0) is 12.5. The van der Waals surface area contributed by atoms with Gasteiger partial charge in [-0.1, -0.05) is 24.3 Å². The van der Waals surface area contributed by atoms with Crippen LogP contribution < -0.4 is 0 Å². The fourth-order valence-electron chi connectivity index (χ4n) is 2.44. The van der Waals surface area contributed by atoms with Crippen molar-refractivity contribution < 1.29 is 0 Å². The number of aryl methyl sites for hydroxylation is 2. The van der Waals surface area contributed by atoms with Gasteiger partial charge >= 0.3 is 0 Å². The van der Waals surface area contributed by atoms with Crippen LogP contribution in [-0.2, 0) is 6.54 Å². The van der Waals surface area contributed by atoms with Crippen molar-refractivity contribution in [1.82, 2.24) is 9.55 Å². The van der Waals surface area contributed by atoms with Crippen LogP contribution in [0, 0.1) is 13.8 Å². The number of aromatic nitrogens is 2. The first-order valence-corrected chi connectivity index (χ1v) is 6.19. The van der Waals surface area contributed by atoms with Crippen molar-refractivity contribution in [2.45, 2.75) is 20.4 Å². The van der Waals surface area contributed by atoms with Crippen molar-refractivity contribution in [1.29, 1.82) is 0 Å². The lowest BCUT2D eigenvalue weighted by molar-refractivity contribution is 0.799. The summed E-state index contributed by atoms with van der Waals surface area (Å²) >= 11 is 0. The molecule has 1 aromatic carbocycles. The van der Waals surface area contributed by atoms with Crippen molar-refractivity contribution in [2.75, 3.05) is 0 Å². The summed E-state index contributed by atoms with van der Waals surface area (Å²) < 4.78 is 2.34. The molecule has 0 amide bonds. The zero-order valence-electron chi connectivity index (χ0n) is 10.7. The van der Waals surface area contributed by atoms with Gasteiger partial charge in [-0.15, -0.1) is 0 Å². The summed E-state index contributed by atoms with van der Waals surface area (Å²) in [5.74, 6) is 0. The molecular weight excluding hydrogens is 220 g/mol. The fourth-order valence-corrected chi connectivity index (χ4v) is 2.44. The van der Waals surface area contributed by atoms with Crippen LogP contribution in [0.25, 0.3) is 10.9 Å². The van der Waals surface area contributed by atoms with Crippen LogP contribution in [0.2, 0.25) is 0 Å². The molecule has 0 aliphatic carbocycles. The Labute approximate surface area is 107 Å². The number of rotatable bonds is 2. The van der Waals surface area contributed by atoms with E-state index in [4.69, 9.17) is 0 Å². The quantitative estimate of drug-likeness (QED) is 0.663. The molecule has 0 bridgehead atoms. The van der Waals surface area contributed by atoms with Gasteiger partial charge < -0.3 is 4.57 Å². The Morgan fingerprint density at radius 2 is 1.89 bits per heavy atom. The van der Waals surface area contributed by atoms with E-state index in [2.05, 4.69) is 59.8 Å². The molecule has 0 fully saturated rings. The van der Waals surface area contributed by atoms with E-state index in [1.165, 1.54) is 27.7 Å². The molecule has 0 spiro atoms. The third-order valence-corrected chi connectivity index (χ3v) is 3.29. The van der Waals surface area contributed by atoms with Crippen molar-refractivity contribution >= 4 is 10.9 Å². The first kappa shape index (κ1) is 11.0. The minimum absolute atomic E-state index is 0.883. The number of hydrogen-bond donors (Lipinski definition) is 0. The van der Waals surface area contributed by atoms with Crippen LogP contribution in [0.3, 0.4) is 0 Å². The Morgan fingerprint density at radius 3 is 2.72 bits per heavy atom. The van der Waals surface area contributed by atoms with Crippen LogP contribution in [0.5, 0.6) is 0 Å². The first-order valence-electron chi connectivity index (χ1n) is 6.19. The Bertz CT molecular complexity index is 695. The van der Waals surface area contributed by atoms with Crippen molar-refractivity contribution in [3.63, 3.8) is 0 Å². The molecule has 3 aromatic rings. The Kier molecular flexibility index (Phi) is 2.63. The van der Waals surface area contributed by atoms with E-state index in [0.29, 0.717) is 0 Å². The maximum Gasteiger partial charge on any atom is 0.0494 e. The first-order chi connectivity index (χ1) is 8.74. The second-order valence-corrected chi connectivity index (χ2v) is 4.80. The highest BCUT2D eigenvalue weighted by molar-refractivity contribution is 5.81. The standard InChI is InChI=1S/C16H16N2/c1-12-7-14(10-17-9-12)11-18-13(2)8-15-5-3-4-6-16(15)18/h3-10H,11H2,1-2H3. The number of para-hydroxylation sites is 1. The molecule has 0 aliphatic rings. The molecule has 0 saturated heterocycles. The fraction of sp³-hybridized carbons (Fsp3) is 0.188. The molecule has 0 saturated carbocycles. The summed E-state index contributed by atoms with van der Waals surface area (Å²) in [7, 11) is 0. The van der Waals surface area contributed by atoms with Crippen molar-refractivity contribution in [3.05, 3.63) is 65.6 Å². The lowest BCUT2D eigenvalue weighted by atomic mass is 10.2. The molecule has 2 aromatic heterocycles. The van der Waals surface area contributed by atoms with Gasteiger partial charge in [0.1, 0.15) is 0 Å². The Morgan fingerprint density at radius 1 is 1.06 bits per heavy atom. The number of nitrogens with zero attached hydrogens (tertiary/aromatic N) is 2. The summed E-state index contributed by atoms with van der Waals surface area (Å²) in [5.41, 5.74) is 5.04. The van der Waals surface area contributed by atoms with E-state index in [1.54, 1.807) is 0 Å². The second-order valence-electron chi connectivity index (χ2n) is 4.80. The average Bonchev–Trinajstić information content (AvgIpc) is 2.66. The van der Waals surface area contributed by atoms with E-state index < -0.39 is 0 Å². The van der Waals surface area contributed by atoms with Gasteiger partial charge in [-0.25, -0.2) is 0 Å². The lowest BCUT2D eigenvalue weighted by Gasteiger charge is -2.08. The van der Waals surface area contributed by atoms with Gasteiger partial charge in [-0.2, -0.15) is 0 Å². The maximum absolute atomic E-state index is 4.26. The highest BCUT2D eigenvalue weighted by Crippen LogP contribution is 2.20.